The van der Waals surface area contributed by atoms with Gasteiger partial charge >= 0.3 is 0 Å². The quantitative estimate of drug-likeness (QED) is 0.781. The van der Waals surface area contributed by atoms with Gasteiger partial charge in [0.25, 0.3) is 5.56 Å². The average Bonchev–Trinajstić information content (AvgIpc) is 2.88. The molecule has 21 heavy (non-hydrogen) atoms. The molecule has 7 nitrogen and oxygen atoms in total. The van der Waals surface area contributed by atoms with E-state index in [4.69, 9.17) is 11.6 Å². The third-order valence-electron chi connectivity index (χ3n) is 2.98. The highest BCUT2D eigenvalue weighted by atomic mass is 35.5. The highest BCUT2D eigenvalue weighted by molar-refractivity contribution is 6.30. The molecule has 0 bridgehead atoms. The molecular formula is C13H12ClN5O2. The minimum absolute atomic E-state index is 0.214. The number of pyridine rings is 1. The first-order valence-electron chi connectivity index (χ1n) is 6.29. The number of halogens is 1. The van der Waals surface area contributed by atoms with E-state index in [0.29, 0.717) is 28.6 Å². The number of aliphatic hydroxyl groups excluding tert-OH is 1. The monoisotopic (exact) mass is 305 g/mol. The van der Waals surface area contributed by atoms with Crippen LogP contribution in [0.25, 0.3) is 5.65 Å². The smallest absolute Gasteiger partial charge is 0.258 e. The van der Waals surface area contributed by atoms with Crippen LogP contribution in [0.4, 0.5) is 0 Å². The van der Waals surface area contributed by atoms with Crippen molar-refractivity contribution in [2.75, 3.05) is 0 Å². The predicted octanol–water partition coefficient (Wildman–Crippen LogP) is 1.04. The molecule has 0 aliphatic rings. The summed E-state index contributed by atoms with van der Waals surface area (Å²) in [6.45, 7) is 1.91. The van der Waals surface area contributed by atoms with Crippen molar-refractivity contribution in [1.82, 2.24) is 24.4 Å². The van der Waals surface area contributed by atoms with E-state index in [1.807, 2.05) is 0 Å². The molecule has 0 amide bonds. The van der Waals surface area contributed by atoms with Gasteiger partial charge in [0, 0.05) is 12.3 Å². The first-order chi connectivity index (χ1) is 10.0. The molecule has 1 N–H and O–H groups in total. The molecule has 3 aromatic rings. The number of hydrogen-bond acceptors (Lipinski definition) is 5. The fourth-order valence-electron chi connectivity index (χ4n) is 1.96. The third-order valence-corrected chi connectivity index (χ3v) is 3.21. The standard InChI is InChI=1S/C13H12ClN5O2/c1-8(20)11-7-18(17-16-11)6-10-4-13(21)19-5-9(14)2-3-12(19)15-10/h2-5,7-8,20H,6H2,1H3. The van der Waals surface area contributed by atoms with Gasteiger partial charge in [0.15, 0.2) is 0 Å². The number of hydrogen-bond donors (Lipinski definition) is 1. The van der Waals surface area contributed by atoms with E-state index in [-0.39, 0.29) is 5.56 Å². The molecule has 0 aromatic carbocycles. The van der Waals surface area contributed by atoms with Gasteiger partial charge in [0.05, 0.1) is 29.6 Å². The van der Waals surface area contributed by atoms with Crippen LogP contribution in [0, 0.1) is 0 Å². The molecule has 3 heterocycles. The van der Waals surface area contributed by atoms with E-state index in [1.54, 1.807) is 25.3 Å². The van der Waals surface area contributed by atoms with Crippen LogP contribution in [-0.2, 0) is 6.54 Å². The summed E-state index contributed by atoms with van der Waals surface area (Å²) in [4.78, 5) is 16.4. The maximum Gasteiger partial charge on any atom is 0.258 e. The molecule has 0 aliphatic heterocycles. The zero-order valence-corrected chi connectivity index (χ0v) is 11.9. The van der Waals surface area contributed by atoms with Gasteiger partial charge in [-0.15, -0.1) is 5.10 Å². The van der Waals surface area contributed by atoms with Crippen molar-refractivity contribution < 1.29 is 5.11 Å². The van der Waals surface area contributed by atoms with E-state index in [9.17, 15) is 9.90 Å². The van der Waals surface area contributed by atoms with Crippen LogP contribution in [0.1, 0.15) is 24.4 Å². The van der Waals surface area contributed by atoms with Gasteiger partial charge in [-0.05, 0) is 19.1 Å². The Balaban J connectivity index is 1.97. The van der Waals surface area contributed by atoms with Crippen molar-refractivity contribution in [2.24, 2.45) is 0 Å². The second-order valence-corrected chi connectivity index (χ2v) is 5.11. The van der Waals surface area contributed by atoms with Gasteiger partial charge < -0.3 is 5.11 Å². The molecule has 1 unspecified atom stereocenters. The SMILES string of the molecule is CC(O)c1cn(Cc2cc(=O)n3cc(Cl)ccc3n2)nn1. The number of rotatable bonds is 3. The summed E-state index contributed by atoms with van der Waals surface area (Å²) in [5.41, 5.74) is 1.33. The van der Waals surface area contributed by atoms with Gasteiger partial charge in [0.1, 0.15) is 11.3 Å². The lowest BCUT2D eigenvalue weighted by Crippen LogP contribution is -2.16. The Labute approximate surface area is 124 Å². The van der Waals surface area contributed by atoms with Gasteiger partial charge in [-0.25, -0.2) is 9.67 Å². The summed E-state index contributed by atoms with van der Waals surface area (Å²) in [6, 6.07) is 4.77. The number of fused-ring (bicyclic) bond motifs is 1. The topological polar surface area (TPSA) is 85.3 Å². The van der Waals surface area contributed by atoms with Crippen LogP contribution in [0.15, 0.2) is 35.4 Å². The molecule has 0 spiro atoms. The normalized spacial score (nSPS) is 12.7. The third kappa shape index (κ3) is 2.79. The van der Waals surface area contributed by atoms with E-state index in [2.05, 4.69) is 15.3 Å². The van der Waals surface area contributed by atoms with Gasteiger partial charge in [-0.2, -0.15) is 0 Å². The molecule has 8 heteroatoms. The Morgan fingerprint density at radius 1 is 1.38 bits per heavy atom. The number of aliphatic hydroxyl groups is 1. The highest BCUT2D eigenvalue weighted by Gasteiger charge is 2.08. The van der Waals surface area contributed by atoms with Crippen LogP contribution in [0.3, 0.4) is 0 Å². The Bertz CT molecular complexity index is 855. The highest BCUT2D eigenvalue weighted by Crippen LogP contribution is 2.10. The minimum Gasteiger partial charge on any atom is -0.387 e. The number of aromatic nitrogens is 5. The maximum atomic E-state index is 12.0. The summed E-state index contributed by atoms with van der Waals surface area (Å²) in [5, 5.41) is 17.6. The van der Waals surface area contributed by atoms with Crippen LogP contribution < -0.4 is 5.56 Å². The molecule has 1 atom stereocenters. The first kappa shape index (κ1) is 13.7. The molecule has 0 saturated carbocycles. The molecule has 108 valence electrons. The Morgan fingerprint density at radius 2 is 2.19 bits per heavy atom. The van der Waals surface area contributed by atoms with Gasteiger partial charge in [-0.1, -0.05) is 16.8 Å². The fraction of sp³-hybridized carbons (Fsp3) is 0.231. The second-order valence-electron chi connectivity index (χ2n) is 4.68. The largest absolute Gasteiger partial charge is 0.387 e. The Hall–Kier alpha value is -2.25. The molecule has 0 saturated heterocycles. The van der Waals surface area contributed by atoms with Crippen LogP contribution in [-0.4, -0.2) is 29.5 Å². The first-order valence-corrected chi connectivity index (χ1v) is 6.66. The molecular weight excluding hydrogens is 294 g/mol. The summed E-state index contributed by atoms with van der Waals surface area (Å²) in [5.74, 6) is 0. The molecule has 0 radical (unpaired) electrons. The fourth-order valence-corrected chi connectivity index (χ4v) is 2.12. The van der Waals surface area contributed by atoms with Crippen molar-refractivity contribution in [2.45, 2.75) is 19.6 Å². The van der Waals surface area contributed by atoms with Crippen molar-refractivity contribution in [3.05, 3.63) is 57.4 Å². The van der Waals surface area contributed by atoms with Crippen molar-refractivity contribution in [1.29, 1.82) is 0 Å². The van der Waals surface area contributed by atoms with Crippen molar-refractivity contribution in [3.63, 3.8) is 0 Å². The maximum absolute atomic E-state index is 12.0. The van der Waals surface area contributed by atoms with Crippen LogP contribution in [0.2, 0.25) is 5.02 Å². The zero-order valence-electron chi connectivity index (χ0n) is 11.1. The lowest BCUT2D eigenvalue weighted by Gasteiger charge is -2.04. The summed E-state index contributed by atoms with van der Waals surface area (Å²) < 4.78 is 2.91. The summed E-state index contributed by atoms with van der Waals surface area (Å²) in [6.07, 6.45) is 2.46. The Morgan fingerprint density at radius 3 is 2.90 bits per heavy atom. The van der Waals surface area contributed by atoms with Gasteiger partial charge in [0.2, 0.25) is 0 Å². The predicted molar refractivity (Wildman–Crippen MR) is 76.2 cm³/mol. The van der Waals surface area contributed by atoms with E-state index < -0.39 is 6.10 Å². The van der Waals surface area contributed by atoms with Crippen molar-refractivity contribution >= 4 is 17.2 Å². The average molecular weight is 306 g/mol. The summed E-state index contributed by atoms with van der Waals surface area (Å²) in [7, 11) is 0. The summed E-state index contributed by atoms with van der Waals surface area (Å²) >= 11 is 5.86. The number of nitrogens with zero attached hydrogens (tertiary/aromatic N) is 5. The lowest BCUT2D eigenvalue weighted by atomic mass is 10.3. The van der Waals surface area contributed by atoms with Crippen LogP contribution >= 0.6 is 11.6 Å². The molecule has 3 aromatic heterocycles. The molecule has 3 rings (SSSR count). The van der Waals surface area contributed by atoms with Gasteiger partial charge in [-0.3, -0.25) is 9.20 Å². The van der Waals surface area contributed by atoms with E-state index in [1.165, 1.54) is 21.3 Å². The minimum atomic E-state index is -0.684. The zero-order chi connectivity index (χ0) is 15.0. The van der Waals surface area contributed by atoms with E-state index in [0.717, 1.165) is 0 Å². The Kier molecular flexibility index (Phi) is 3.44. The lowest BCUT2D eigenvalue weighted by molar-refractivity contribution is 0.194. The van der Waals surface area contributed by atoms with Crippen LogP contribution in [0.5, 0.6) is 0 Å². The molecule has 0 fully saturated rings. The van der Waals surface area contributed by atoms with E-state index >= 15 is 0 Å². The second kappa shape index (κ2) is 5.27. The molecule has 0 aliphatic carbocycles. The van der Waals surface area contributed by atoms with Crippen molar-refractivity contribution in [3.8, 4) is 0 Å².